The quantitative estimate of drug-likeness (QED) is 0.434. The molecule has 4 aromatic heterocycles. The fourth-order valence-corrected chi connectivity index (χ4v) is 4.46. The maximum Gasteiger partial charge on any atom is 0.252 e. The molecule has 0 saturated heterocycles. The van der Waals surface area contributed by atoms with Crippen LogP contribution in [-0.2, 0) is 13.0 Å². The number of fused-ring (bicyclic) bond motifs is 2. The molecule has 0 fully saturated rings. The van der Waals surface area contributed by atoms with Crippen LogP contribution in [0.3, 0.4) is 0 Å². The van der Waals surface area contributed by atoms with E-state index in [2.05, 4.69) is 38.6 Å². The van der Waals surface area contributed by atoms with E-state index in [-0.39, 0.29) is 5.91 Å². The van der Waals surface area contributed by atoms with Gasteiger partial charge in [0.1, 0.15) is 0 Å². The van der Waals surface area contributed by atoms with Gasteiger partial charge in [-0.2, -0.15) is 5.10 Å². The molecule has 0 aliphatic rings. The van der Waals surface area contributed by atoms with Crippen LogP contribution >= 0.6 is 11.3 Å². The lowest BCUT2D eigenvalue weighted by Gasteiger charge is -2.08. The fourth-order valence-electron chi connectivity index (χ4n) is 3.77. The van der Waals surface area contributed by atoms with Gasteiger partial charge in [-0.1, -0.05) is 24.3 Å². The standard InChI is InChI=1S/C23H21N5OS/c1-15-11-19(20-13-26-28(22(20)27-15)14-17-5-4-10-30-17)23(29)24-9-8-16-12-25-21-7-3-2-6-18(16)21/h2-7,10-13,25H,8-9,14H2,1H3,(H,24,29). The molecule has 150 valence electrons. The van der Waals surface area contributed by atoms with Gasteiger partial charge in [-0.15, -0.1) is 11.3 Å². The summed E-state index contributed by atoms with van der Waals surface area (Å²) in [4.78, 5) is 22.1. The first-order valence-electron chi connectivity index (χ1n) is 9.88. The van der Waals surface area contributed by atoms with Crippen molar-refractivity contribution in [2.75, 3.05) is 6.54 Å². The molecular weight excluding hydrogens is 394 g/mol. The number of aromatic nitrogens is 4. The number of pyridine rings is 1. The van der Waals surface area contributed by atoms with Crippen LogP contribution in [0.5, 0.6) is 0 Å². The molecule has 0 bridgehead atoms. The van der Waals surface area contributed by atoms with E-state index in [4.69, 9.17) is 0 Å². The number of benzene rings is 1. The molecule has 5 rings (SSSR count). The molecule has 0 saturated carbocycles. The Morgan fingerprint density at radius 3 is 2.97 bits per heavy atom. The van der Waals surface area contributed by atoms with Gasteiger partial charge in [0, 0.05) is 34.2 Å². The van der Waals surface area contributed by atoms with Crippen LogP contribution in [-0.4, -0.2) is 32.2 Å². The Balaban J connectivity index is 1.34. The number of amides is 1. The van der Waals surface area contributed by atoms with Crippen molar-refractivity contribution in [1.29, 1.82) is 0 Å². The predicted octanol–water partition coefficient (Wildman–Crippen LogP) is 4.30. The third-order valence-corrected chi connectivity index (χ3v) is 6.08. The highest BCUT2D eigenvalue weighted by Gasteiger charge is 2.16. The van der Waals surface area contributed by atoms with Gasteiger partial charge in [0.15, 0.2) is 5.65 Å². The van der Waals surface area contributed by atoms with Crippen LogP contribution in [0.15, 0.2) is 60.2 Å². The van der Waals surface area contributed by atoms with E-state index in [1.165, 1.54) is 15.8 Å². The lowest BCUT2D eigenvalue weighted by atomic mass is 10.1. The Labute approximate surface area is 177 Å². The first-order valence-corrected chi connectivity index (χ1v) is 10.8. The third-order valence-electron chi connectivity index (χ3n) is 5.22. The molecular formula is C23H21N5OS. The van der Waals surface area contributed by atoms with Crippen LogP contribution in [0.2, 0.25) is 0 Å². The molecule has 0 aliphatic heterocycles. The van der Waals surface area contributed by atoms with Crippen molar-refractivity contribution in [3.8, 4) is 0 Å². The molecule has 0 atom stereocenters. The maximum absolute atomic E-state index is 12.9. The van der Waals surface area contributed by atoms with Crippen LogP contribution in [0.4, 0.5) is 0 Å². The van der Waals surface area contributed by atoms with E-state index in [0.29, 0.717) is 18.7 Å². The molecule has 0 aliphatic carbocycles. The molecule has 2 N–H and O–H groups in total. The maximum atomic E-state index is 12.9. The summed E-state index contributed by atoms with van der Waals surface area (Å²) in [5.74, 6) is -0.0963. The number of aromatic amines is 1. The topological polar surface area (TPSA) is 75.6 Å². The molecule has 0 unspecified atom stereocenters. The smallest absolute Gasteiger partial charge is 0.252 e. The Hall–Kier alpha value is -3.45. The van der Waals surface area contributed by atoms with Gasteiger partial charge in [-0.05, 0) is 42.5 Å². The van der Waals surface area contributed by atoms with Crippen LogP contribution in [0, 0.1) is 6.92 Å². The second kappa shape index (κ2) is 7.76. The molecule has 0 radical (unpaired) electrons. The SMILES string of the molecule is Cc1cc(C(=O)NCCc2c[nH]c3ccccc23)c2cnn(Cc3cccs3)c2n1. The van der Waals surface area contributed by atoms with Crippen molar-refractivity contribution in [3.05, 3.63) is 81.9 Å². The summed E-state index contributed by atoms with van der Waals surface area (Å²) in [7, 11) is 0. The molecule has 30 heavy (non-hydrogen) atoms. The zero-order valence-corrected chi connectivity index (χ0v) is 17.4. The summed E-state index contributed by atoms with van der Waals surface area (Å²) in [6.45, 7) is 3.12. The van der Waals surface area contributed by atoms with Gasteiger partial charge in [-0.3, -0.25) is 4.79 Å². The second-order valence-electron chi connectivity index (χ2n) is 7.30. The number of rotatable bonds is 6. The number of thiophene rings is 1. The van der Waals surface area contributed by atoms with Gasteiger partial charge in [-0.25, -0.2) is 9.67 Å². The molecule has 6 nitrogen and oxygen atoms in total. The van der Waals surface area contributed by atoms with E-state index < -0.39 is 0 Å². The highest BCUT2D eigenvalue weighted by molar-refractivity contribution is 7.09. The van der Waals surface area contributed by atoms with E-state index in [9.17, 15) is 4.79 Å². The van der Waals surface area contributed by atoms with E-state index in [1.807, 2.05) is 47.4 Å². The van der Waals surface area contributed by atoms with Gasteiger partial charge >= 0.3 is 0 Å². The van der Waals surface area contributed by atoms with Crippen molar-refractivity contribution >= 4 is 39.2 Å². The summed E-state index contributed by atoms with van der Waals surface area (Å²) >= 11 is 1.68. The monoisotopic (exact) mass is 415 g/mol. The number of carbonyl (C=O) groups is 1. The van der Waals surface area contributed by atoms with Crippen LogP contribution < -0.4 is 5.32 Å². The number of nitrogens with zero attached hydrogens (tertiary/aromatic N) is 3. The van der Waals surface area contributed by atoms with Gasteiger partial charge < -0.3 is 10.3 Å². The lowest BCUT2D eigenvalue weighted by Crippen LogP contribution is -2.26. The summed E-state index contributed by atoms with van der Waals surface area (Å²) in [6, 6.07) is 14.1. The number of hydrogen-bond acceptors (Lipinski definition) is 4. The largest absolute Gasteiger partial charge is 0.361 e. The van der Waals surface area contributed by atoms with E-state index in [0.717, 1.165) is 28.7 Å². The third kappa shape index (κ3) is 3.48. The zero-order chi connectivity index (χ0) is 20.5. The fraction of sp³-hybridized carbons (Fsp3) is 0.174. The minimum absolute atomic E-state index is 0.0963. The van der Waals surface area contributed by atoms with Crippen molar-refractivity contribution in [1.82, 2.24) is 25.1 Å². The van der Waals surface area contributed by atoms with Crippen LogP contribution in [0.25, 0.3) is 21.9 Å². The first-order chi connectivity index (χ1) is 14.7. The van der Waals surface area contributed by atoms with Crippen molar-refractivity contribution in [2.45, 2.75) is 19.9 Å². The summed E-state index contributed by atoms with van der Waals surface area (Å²) < 4.78 is 1.86. The second-order valence-corrected chi connectivity index (χ2v) is 8.33. The van der Waals surface area contributed by atoms with Crippen molar-refractivity contribution < 1.29 is 4.79 Å². The minimum atomic E-state index is -0.0963. The number of para-hydroxylation sites is 1. The summed E-state index contributed by atoms with van der Waals surface area (Å²) in [6.07, 6.45) is 4.52. The Kier molecular flexibility index (Phi) is 4.80. The summed E-state index contributed by atoms with van der Waals surface area (Å²) in [5.41, 5.74) is 4.48. The number of H-pyrrole nitrogens is 1. The van der Waals surface area contributed by atoms with Crippen LogP contribution in [0.1, 0.15) is 26.5 Å². The van der Waals surface area contributed by atoms with Gasteiger partial charge in [0.05, 0.1) is 23.7 Å². The van der Waals surface area contributed by atoms with Crippen molar-refractivity contribution in [2.24, 2.45) is 0 Å². The number of carbonyl (C=O) groups excluding carboxylic acids is 1. The Morgan fingerprint density at radius 2 is 2.10 bits per heavy atom. The van der Waals surface area contributed by atoms with Crippen molar-refractivity contribution in [3.63, 3.8) is 0 Å². The highest BCUT2D eigenvalue weighted by atomic mass is 32.1. The predicted molar refractivity (Wildman–Crippen MR) is 120 cm³/mol. The molecule has 1 amide bonds. The molecule has 1 aromatic carbocycles. The molecule has 4 heterocycles. The van der Waals surface area contributed by atoms with E-state index >= 15 is 0 Å². The highest BCUT2D eigenvalue weighted by Crippen LogP contribution is 2.21. The molecule has 5 aromatic rings. The normalized spacial score (nSPS) is 11.4. The molecule has 7 heteroatoms. The average molecular weight is 416 g/mol. The summed E-state index contributed by atoms with van der Waals surface area (Å²) in [5, 5.41) is 11.6. The number of aryl methyl sites for hydroxylation is 1. The lowest BCUT2D eigenvalue weighted by molar-refractivity contribution is 0.0955. The number of hydrogen-bond donors (Lipinski definition) is 2. The average Bonchev–Trinajstić information content (AvgIpc) is 3.49. The Morgan fingerprint density at radius 1 is 1.20 bits per heavy atom. The van der Waals surface area contributed by atoms with E-state index in [1.54, 1.807) is 17.5 Å². The Bertz CT molecular complexity index is 1330. The first kappa shape index (κ1) is 18.6. The van der Waals surface area contributed by atoms with Gasteiger partial charge in [0.25, 0.3) is 5.91 Å². The zero-order valence-electron chi connectivity index (χ0n) is 16.6. The van der Waals surface area contributed by atoms with Gasteiger partial charge in [0.2, 0.25) is 0 Å². The molecule has 0 spiro atoms. The number of nitrogens with one attached hydrogen (secondary N) is 2. The minimum Gasteiger partial charge on any atom is -0.361 e.